The summed E-state index contributed by atoms with van der Waals surface area (Å²) in [5.41, 5.74) is -0.0781. The van der Waals surface area contributed by atoms with Gasteiger partial charge in [0.1, 0.15) is 5.69 Å². The number of esters is 1. The molecule has 0 bridgehead atoms. The predicted molar refractivity (Wildman–Crippen MR) is 65.1 cm³/mol. The van der Waals surface area contributed by atoms with Crippen LogP contribution in [-0.4, -0.2) is 41.6 Å². The van der Waals surface area contributed by atoms with Gasteiger partial charge >= 0.3 is 5.97 Å². The molecule has 8 heteroatoms. The fourth-order valence-corrected chi connectivity index (χ4v) is 2.37. The molecule has 0 unspecified atom stereocenters. The maximum atomic E-state index is 11.6. The van der Waals surface area contributed by atoms with Crippen molar-refractivity contribution in [3.05, 3.63) is 11.1 Å². The summed E-state index contributed by atoms with van der Waals surface area (Å²) in [7, 11) is 0. The number of hydrogen-bond donors (Lipinski definition) is 0. The summed E-state index contributed by atoms with van der Waals surface area (Å²) in [6.07, 6.45) is -0.152. The second kappa shape index (κ2) is 5.27. The highest BCUT2D eigenvalue weighted by Crippen LogP contribution is 2.24. The molecule has 0 atom stereocenters. The van der Waals surface area contributed by atoms with Crippen molar-refractivity contribution in [3.8, 4) is 0 Å². The van der Waals surface area contributed by atoms with Crippen molar-refractivity contribution >= 4 is 39.9 Å². The molecule has 7 nitrogen and oxygen atoms in total. The molecule has 1 aromatic heterocycles. The maximum Gasteiger partial charge on any atom is 0.381 e. The van der Waals surface area contributed by atoms with E-state index >= 15 is 0 Å². The van der Waals surface area contributed by atoms with Crippen LogP contribution in [0.15, 0.2) is 5.38 Å². The van der Waals surface area contributed by atoms with Gasteiger partial charge in [0.15, 0.2) is 10.9 Å². The van der Waals surface area contributed by atoms with Crippen LogP contribution in [0.1, 0.15) is 23.8 Å². The molecule has 0 saturated carbocycles. The van der Waals surface area contributed by atoms with Gasteiger partial charge in [-0.25, -0.2) is 9.78 Å². The van der Waals surface area contributed by atoms with Gasteiger partial charge in [-0.15, -0.1) is 11.3 Å². The number of ether oxygens (including phenoxy) is 1. The van der Waals surface area contributed by atoms with Crippen molar-refractivity contribution in [2.45, 2.75) is 13.3 Å². The lowest BCUT2D eigenvalue weighted by Gasteiger charge is -2.08. The first-order valence-electron chi connectivity index (χ1n) is 5.52. The number of carbonyl (C=O) groups is 4. The third-order valence-corrected chi connectivity index (χ3v) is 3.26. The minimum atomic E-state index is -0.983. The second-order valence-electron chi connectivity index (χ2n) is 3.76. The Morgan fingerprint density at radius 2 is 2.21 bits per heavy atom. The number of nitrogens with zero attached hydrogens (tertiary/aromatic N) is 2. The normalized spacial score (nSPS) is 14.9. The molecule has 2 rings (SSSR count). The van der Waals surface area contributed by atoms with Crippen LogP contribution in [0.4, 0.5) is 5.13 Å². The number of rotatable bonds is 4. The number of Topliss-reactive ketones (excluding diaryl/α,β-unsaturated/α-hetero) is 2. The van der Waals surface area contributed by atoms with Gasteiger partial charge in [-0.05, 0) is 6.92 Å². The van der Waals surface area contributed by atoms with E-state index in [1.165, 1.54) is 10.3 Å². The Kier molecular flexibility index (Phi) is 3.70. The van der Waals surface area contributed by atoms with Gasteiger partial charge in [0, 0.05) is 5.38 Å². The summed E-state index contributed by atoms with van der Waals surface area (Å²) in [4.78, 5) is 50.6. The Bertz CT molecular complexity index is 565. The Labute approximate surface area is 112 Å². The zero-order valence-electron chi connectivity index (χ0n) is 10.0. The molecule has 0 aliphatic carbocycles. The smallest absolute Gasteiger partial charge is 0.381 e. The van der Waals surface area contributed by atoms with Gasteiger partial charge in [-0.1, -0.05) is 0 Å². The van der Waals surface area contributed by atoms with Crippen LogP contribution in [0.3, 0.4) is 0 Å². The average Bonchev–Trinajstić information content (AvgIpc) is 2.95. The zero-order valence-corrected chi connectivity index (χ0v) is 10.9. The van der Waals surface area contributed by atoms with Crippen LogP contribution in [0.25, 0.3) is 0 Å². The summed E-state index contributed by atoms with van der Waals surface area (Å²) in [6.45, 7) is 1.65. The van der Waals surface area contributed by atoms with E-state index in [1.54, 1.807) is 6.92 Å². The zero-order chi connectivity index (χ0) is 14.0. The molecule has 0 spiro atoms. The minimum Gasteiger partial charge on any atom is -0.460 e. The van der Waals surface area contributed by atoms with Crippen LogP contribution in [-0.2, 0) is 19.1 Å². The quantitative estimate of drug-likeness (QED) is 0.339. The van der Waals surface area contributed by atoms with E-state index in [1.807, 2.05) is 0 Å². The molecule has 1 aliphatic heterocycles. The first-order valence-corrected chi connectivity index (χ1v) is 6.40. The SMILES string of the molecule is CCOC(=O)C(=O)c1csc(N2CC(=O)CC2=O)n1. The molecule has 1 saturated heterocycles. The van der Waals surface area contributed by atoms with Crippen molar-refractivity contribution < 1.29 is 23.9 Å². The van der Waals surface area contributed by atoms with E-state index in [0.29, 0.717) is 0 Å². The van der Waals surface area contributed by atoms with Gasteiger partial charge in [0.25, 0.3) is 5.78 Å². The summed E-state index contributed by atoms with van der Waals surface area (Å²) in [6, 6.07) is 0. The number of thiazole rings is 1. The van der Waals surface area contributed by atoms with Crippen LogP contribution in [0, 0.1) is 0 Å². The highest BCUT2D eigenvalue weighted by atomic mass is 32.1. The van der Waals surface area contributed by atoms with Gasteiger partial charge in [0.05, 0.1) is 19.6 Å². The Morgan fingerprint density at radius 3 is 2.79 bits per heavy atom. The molecule has 1 fully saturated rings. The molecule has 100 valence electrons. The van der Waals surface area contributed by atoms with Crippen LogP contribution < -0.4 is 4.90 Å². The molecule has 0 N–H and O–H groups in total. The monoisotopic (exact) mass is 282 g/mol. The molecular weight excluding hydrogens is 272 g/mol. The van der Waals surface area contributed by atoms with Gasteiger partial charge in [0.2, 0.25) is 5.91 Å². The van der Waals surface area contributed by atoms with Gasteiger partial charge in [-0.2, -0.15) is 0 Å². The predicted octanol–water partition coefficient (Wildman–Crippen LogP) is 0.195. The van der Waals surface area contributed by atoms with Crippen molar-refractivity contribution in [2.24, 2.45) is 0 Å². The summed E-state index contributed by atoms with van der Waals surface area (Å²) >= 11 is 1.03. The highest BCUT2D eigenvalue weighted by molar-refractivity contribution is 7.14. The molecular formula is C11H10N2O5S. The van der Waals surface area contributed by atoms with Gasteiger partial charge < -0.3 is 4.74 Å². The second-order valence-corrected chi connectivity index (χ2v) is 4.60. The van der Waals surface area contributed by atoms with Crippen LogP contribution >= 0.6 is 11.3 Å². The summed E-state index contributed by atoms with van der Waals surface area (Å²) in [5.74, 6) is -2.39. The number of aromatic nitrogens is 1. The third kappa shape index (κ3) is 2.68. The molecule has 19 heavy (non-hydrogen) atoms. The Morgan fingerprint density at radius 1 is 1.47 bits per heavy atom. The number of hydrogen-bond acceptors (Lipinski definition) is 7. The fraction of sp³-hybridized carbons (Fsp3) is 0.364. The Hall–Kier alpha value is -2.09. The van der Waals surface area contributed by atoms with E-state index in [9.17, 15) is 19.2 Å². The molecule has 1 aromatic rings. The minimum absolute atomic E-state index is 0.0423. The van der Waals surface area contributed by atoms with Gasteiger partial charge in [-0.3, -0.25) is 19.3 Å². The summed E-state index contributed by atoms with van der Waals surface area (Å²) in [5, 5.41) is 1.61. The molecule has 2 heterocycles. The lowest BCUT2D eigenvalue weighted by Crippen LogP contribution is -2.25. The number of ketones is 2. The van der Waals surface area contributed by atoms with E-state index in [-0.39, 0.29) is 42.1 Å². The highest BCUT2D eigenvalue weighted by Gasteiger charge is 2.31. The summed E-state index contributed by atoms with van der Waals surface area (Å²) < 4.78 is 4.57. The van der Waals surface area contributed by atoms with Crippen molar-refractivity contribution in [1.29, 1.82) is 0 Å². The third-order valence-electron chi connectivity index (χ3n) is 2.40. The van der Waals surface area contributed by atoms with E-state index in [0.717, 1.165) is 11.3 Å². The fourth-order valence-electron chi connectivity index (χ4n) is 1.55. The molecule has 0 aromatic carbocycles. The number of anilines is 1. The van der Waals surface area contributed by atoms with Crippen molar-refractivity contribution in [1.82, 2.24) is 4.98 Å². The number of carbonyl (C=O) groups excluding carboxylic acids is 4. The van der Waals surface area contributed by atoms with E-state index in [2.05, 4.69) is 9.72 Å². The lowest BCUT2D eigenvalue weighted by molar-refractivity contribution is -0.137. The van der Waals surface area contributed by atoms with Crippen molar-refractivity contribution in [3.63, 3.8) is 0 Å². The molecule has 1 aliphatic rings. The molecule has 1 amide bonds. The molecule has 0 radical (unpaired) electrons. The average molecular weight is 282 g/mol. The van der Waals surface area contributed by atoms with E-state index < -0.39 is 11.8 Å². The van der Waals surface area contributed by atoms with Crippen LogP contribution in [0.2, 0.25) is 0 Å². The standard InChI is InChI=1S/C11H10N2O5S/c1-2-18-10(17)9(16)7-5-19-11(12-7)13-4-6(14)3-8(13)15/h5H,2-4H2,1H3. The topological polar surface area (TPSA) is 93.6 Å². The lowest BCUT2D eigenvalue weighted by atomic mass is 10.3. The largest absolute Gasteiger partial charge is 0.460 e. The Balaban J connectivity index is 2.15. The maximum absolute atomic E-state index is 11.6. The van der Waals surface area contributed by atoms with Crippen molar-refractivity contribution in [2.75, 3.05) is 18.1 Å². The van der Waals surface area contributed by atoms with Crippen LogP contribution in [0.5, 0.6) is 0 Å². The first kappa shape index (κ1) is 13.3. The number of amides is 1. The first-order chi connectivity index (χ1) is 9.02. The van der Waals surface area contributed by atoms with E-state index in [4.69, 9.17) is 0 Å².